The number of rotatable bonds is 9. The fourth-order valence-electron chi connectivity index (χ4n) is 9.52. The Morgan fingerprint density at radius 3 is 2.34 bits per heavy atom. The first-order chi connectivity index (χ1) is 28.2. The van der Waals surface area contributed by atoms with Gasteiger partial charge in [-0.25, -0.2) is 14.6 Å². The maximum atomic E-state index is 13.3. The van der Waals surface area contributed by atoms with Crippen molar-refractivity contribution in [1.82, 2.24) is 34.9 Å². The molecule has 298 valence electrons. The summed E-state index contributed by atoms with van der Waals surface area (Å²) in [6.07, 6.45) is 9.22. The highest BCUT2D eigenvalue weighted by Crippen LogP contribution is 2.47. The van der Waals surface area contributed by atoms with Crippen molar-refractivity contribution >= 4 is 46.5 Å². The summed E-state index contributed by atoms with van der Waals surface area (Å²) in [7, 11) is 1.54. The number of anilines is 2. The molecule has 3 aliphatic heterocycles. The Balaban J connectivity index is 0.798. The number of ether oxygens (including phenoxy) is 1. The number of hydrogen-bond acceptors (Lipinski definition) is 11. The van der Waals surface area contributed by atoms with Crippen LogP contribution in [0.25, 0.3) is 22.3 Å². The fraction of sp³-hybridized carbons (Fsp3) is 0.386. The first-order valence-corrected chi connectivity index (χ1v) is 20.2. The molecule has 2 aromatic heterocycles. The van der Waals surface area contributed by atoms with Crippen molar-refractivity contribution in [3.8, 4) is 22.8 Å². The van der Waals surface area contributed by atoms with Gasteiger partial charge in [-0.2, -0.15) is 5.10 Å². The van der Waals surface area contributed by atoms with E-state index in [0.29, 0.717) is 23.7 Å². The van der Waals surface area contributed by atoms with E-state index in [4.69, 9.17) is 15.6 Å². The quantitative estimate of drug-likeness (QED) is 0.140. The maximum Gasteiger partial charge on any atom is 0.255 e. The van der Waals surface area contributed by atoms with Crippen LogP contribution in [0.15, 0.2) is 79.1 Å². The van der Waals surface area contributed by atoms with Crippen molar-refractivity contribution in [2.24, 2.45) is 5.41 Å². The van der Waals surface area contributed by atoms with Gasteiger partial charge in [0.05, 0.1) is 17.0 Å². The molecule has 5 heterocycles. The number of hydrogen-bond donors (Lipinski definition) is 2. The number of aldehydes is 1. The largest absolute Gasteiger partial charge is 0.457 e. The number of para-hydroxylation sites is 1. The average molecular weight is 782 g/mol. The van der Waals surface area contributed by atoms with Crippen molar-refractivity contribution in [3.63, 3.8) is 0 Å². The lowest BCUT2D eigenvalue weighted by Crippen LogP contribution is -2.59. The Labute approximate surface area is 336 Å². The number of benzene rings is 3. The molecule has 0 bridgehead atoms. The number of likely N-dealkylation sites (N-methyl/N-ethyl adjacent to an activating group) is 1. The van der Waals surface area contributed by atoms with E-state index < -0.39 is 17.9 Å². The number of nitrogens with two attached hydrogens (primary N) is 1. The molecule has 3 saturated heterocycles. The van der Waals surface area contributed by atoms with Crippen molar-refractivity contribution in [3.05, 3.63) is 90.3 Å². The molecule has 3 amide bonds. The second-order valence-electron chi connectivity index (χ2n) is 16.3. The van der Waals surface area contributed by atoms with Crippen LogP contribution < -0.4 is 20.7 Å². The van der Waals surface area contributed by atoms with Crippen LogP contribution >= 0.6 is 0 Å². The molecule has 5 aromatic rings. The highest BCUT2D eigenvalue weighted by atomic mass is 16.5. The molecule has 1 unspecified atom stereocenters. The number of amides is 3. The molecule has 0 radical (unpaired) electrons. The number of piperidine rings is 2. The van der Waals surface area contributed by atoms with E-state index in [1.807, 2.05) is 60.7 Å². The summed E-state index contributed by atoms with van der Waals surface area (Å²) in [5, 5.41) is 8.20. The molecule has 14 heteroatoms. The molecule has 1 spiro atoms. The van der Waals surface area contributed by atoms with Crippen molar-refractivity contribution in [2.75, 3.05) is 43.9 Å². The van der Waals surface area contributed by atoms with Crippen LogP contribution in [-0.4, -0.2) is 98.9 Å². The smallest absolute Gasteiger partial charge is 0.255 e. The third-order valence-electron chi connectivity index (χ3n) is 12.8. The molecule has 1 aliphatic carbocycles. The molecule has 4 aliphatic rings. The monoisotopic (exact) mass is 781 g/mol. The lowest BCUT2D eigenvalue weighted by atomic mass is 9.67. The van der Waals surface area contributed by atoms with Crippen LogP contribution in [0.1, 0.15) is 78.1 Å². The number of fused-ring (bicyclic) bond motifs is 1. The summed E-state index contributed by atoms with van der Waals surface area (Å²) in [6, 6.07) is 23.0. The van der Waals surface area contributed by atoms with E-state index in [9.17, 15) is 19.2 Å². The summed E-state index contributed by atoms with van der Waals surface area (Å²) in [5.41, 5.74) is 10.7. The number of carbonyl (C=O) groups excluding carboxylic acids is 4. The zero-order valence-corrected chi connectivity index (χ0v) is 32.5. The standard InChI is InChI=1S/C44H47N9O5/c1-50(36-13-14-37(55)48-42(36)56)43(57)35-12-9-32(23-29(35)24-54)52-25-44(26-52)19-15-30(16-20-44)51-21-17-31(18-22-51)53-41-38(40(45)46-27-47-41)39(49-53)28-7-10-34(11-8-28)58-33-5-3-2-4-6-33/h2-12,23-24,27,30-31,36H,13-22,25-26H2,1H3,(H2,45,46,47)(H,48,55,56). The van der Waals surface area contributed by atoms with Crippen LogP contribution in [-0.2, 0) is 9.59 Å². The third kappa shape index (κ3) is 7.06. The Morgan fingerprint density at radius 1 is 0.914 bits per heavy atom. The number of likely N-dealkylation sites (tertiary alicyclic amines) is 1. The molecule has 4 fully saturated rings. The number of nitrogens with zero attached hydrogens (tertiary/aromatic N) is 7. The zero-order chi connectivity index (χ0) is 40.0. The minimum Gasteiger partial charge on any atom is -0.457 e. The fourth-order valence-corrected chi connectivity index (χ4v) is 9.52. The number of nitrogens with one attached hydrogen (secondary N) is 1. The number of nitrogen functional groups attached to an aromatic ring is 1. The normalized spacial score (nSPS) is 20.2. The van der Waals surface area contributed by atoms with Gasteiger partial charge in [-0.1, -0.05) is 18.2 Å². The number of imide groups is 1. The molecular formula is C44H47N9O5. The lowest BCUT2D eigenvalue weighted by molar-refractivity contribution is -0.136. The summed E-state index contributed by atoms with van der Waals surface area (Å²) in [6.45, 7) is 3.84. The maximum absolute atomic E-state index is 13.3. The first kappa shape index (κ1) is 37.4. The van der Waals surface area contributed by atoms with Gasteiger partial charge in [0.15, 0.2) is 11.9 Å². The predicted octanol–water partition coefficient (Wildman–Crippen LogP) is 5.64. The highest BCUT2D eigenvalue weighted by Gasteiger charge is 2.46. The first-order valence-electron chi connectivity index (χ1n) is 20.2. The molecule has 58 heavy (non-hydrogen) atoms. The van der Waals surface area contributed by atoms with Gasteiger partial charge in [-0.05, 0) is 99.5 Å². The van der Waals surface area contributed by atoms with E-state index in [0.717, 1.165) is 104 Å². The van der Waals surface area contributed by atoms with E-state index in [1.165, 1.54) is 18.3 Å². The Hall–Kier alpha value is -6.15. The number of aromatic nitrogens is 4. The Kier molecular flexibility index (Phi) is 9.88. The van der Waals surface area contributed by atoms with Gasteiger partial charge >= 0.3 is 0 Å². The van der Waals surface area contributed by atoms with Crippen molar-refractivity contribution in [2.45, 2.75) is 69.5 Å². The number of carbonyl (C=O) groups is 4. The van der Waals surface area contributed by atoms with E-state index in [1.54, 1.807) is 12.1 Å². The van der Waals surface area contributed by atoms with Gasteiger partial charge in [0, 0.05) is 67.9 Å². The minimum absolute atomic E-state index is 0.171. The summed E-state index contributed by atoms with van der Waals surface area (Å²) in [5.74, 6) is 0.696. The van der Waals surface area contributed by atoms with Gasteiger partial charge in [-0.15, -0.1) is 0 Å². The highest BCUT2D eigenvalue weighted by molar-refractivity contribution is 6.06. The van der Waals surface area contributed by atoms with Gasteiger partial charge in [0.25, 0.3) is 5.91 Å². The molecule has 14 nitrogen and oxygen atoms in total. The van der Waals surface area contributed by atoms with Crippen LogP contribution in [0.2, 0.25) is 0 Å². The average Bonchev–Trinajstić information content (AvgIpc) is 3.64. The van der Waals surface area contributed by atoms with Gasteiger partial charge in [0.2, 0.25) is 11.8 Å². The van der Waals surface area contributed by atoms with E-state index in [-0.39, 0.29) is 35.8 Å². The van der Waals surface area contributed by atoms with Crippen LogP contribution in [0.3, 0.4) is 0 Å². The van der Waals surface area contributed by atoms with E-state index >= 15 is 0 Å². The molecule has 1 atom stereocenters. The van der Waals surface area contributed by atoms with Crippen molar-refractivity contribution < 1.29 is 23.9 Å². The van der Waals surface area contributed by atoms with Crippen LogP contribution in [0, 0.1) is 5.41 Å². The molecule has 3 N–H and O–H groups in total. The Morgan fingerprint density at radius 2 is 1.64 bits per heavy atom. The zero-order valence-electron chi connectivity index (χ0n) is 32.5. The second kappa shape index (κ2) is 15.3. The third-order valence-corrected chi connectivity index (χ3v) is 12.8. The Bertz CT molecular complexity index is 2360. The SMILES string of the molecule is CN(C(=O)c1ccc(N2CC3(CCC(N4CCC(n5nc(-c6ccc(Oc7ccccc7)cc6)c6c(N)ncnc65)CC4)CC3)C2)cc1C=O)C1CCC(=O)NC1=O. The molecule has 9 rings (SSSR count). The summed E-state index contributed by atoms with van der Waals surface area (Å²) < 4.78 is 8.08. The predicted molar refractivity (Wildman–Crippen MR) is 219 cm³/mol. The molecule has 3 aromatic carbocycles. The van der Waals surface area contributed by atoms with Gasteiger partial charge in [0.1, 0.15) is 35.4 Å². The topological polar surface area (TPSA) is 169 Å². The lowest BCUT2D eigenvalue weighted by Gasteiger charge is -2.55. The van der Waals surface area contributed by atoms with Crippen LogP contribution in [0.4, 0.5) is 11.5 Å². The van der Waals surface area contributed by atoms with Crippen LogP contribution in [0.5, 0.6) is 11.5 Å². The second-order valence-corrected chi connectivity index (χ2v) is 16.3. The van der Waals surface area contributed by atoms with Gasteiger partial charge < -0.3 is 25.2 Å². The van der Waals surface area contributed by atoms with E-state index in [2.05, 4.69) is 29.8 Å². The molecule has 1 saturated carbocycles. The van der Waals surface area contributed by atoms with Gasteiger partial charge in [-0.3, -0.25) is 24.5 Å². The summed E-state index contributed by atoms with van der Waals surface area (Å²) >= 11 is 0. The summed E-state index contributed by atoms with van der Waals surface area (Å²) in [4.78, 5) is 64.7. The molecular weight excluding hydrogens is 735 g/mol. The minimum atomic E-state index is -0.752. The van der Waals surface area contributed by atoms with Crippen molar-refractivity contribution in [1.29, 1.82) is 0 Å².